The van der Waals surface area contributed by atoms with E-state index in [1.54, 1.807) is 0 Å². The van der Waals surface area contributed by atoms with Crippen molar-refractivity contribution < 1.29 is 24.5 Å². The zero-order valence-electron chi connectivity index (χ0n) is 9.89. The van der Waals surface area contributed by atoms with Crippen molar-refractivity contribution in [2.75, 3.05) is 0 Å². The molecule has 2 saturated heterocycles. The van der Waals surface area contributed by atoms with Gasteiger partial charge in [0.05, 0.1) is 18.1 Å². The standard InChI is InChI=1S/C12H15NO5/c1-3(12(16)17)13-10(15)6-4-2-5-7(6)11(13)18-9(5)8(4)14/h3-9,11,14H,2H2,1H3,(H,16,17). The van der Waals surface area contributed by atoms with Crippen molar-refractivity contribution in [1.29, 1.82) is 0 Å². The minimum Gasteiger partial charge on any atom is -0.480 e. The van der Waals surface area contributed by atoms with Gasteiger partial charge in [-0.3, -0.25) is 4.79 Å². The van der Waals surface area contributed by atoms with Crippen LogP contribution >= 0.6 is 0 Å². The Morgan fingerprint density at radius 3 is 2.89 bits per heavy atom. The van der Waals surface area contributed by atoms with E-state index in [2.05, 4.69) is 0 Å². The van der Waals surface area contributed by atoms with Crippen LogP contribution < -0.4 is 0 Å². The highest BCUT2D eigenvalue weighted by Crippen LogP contribution is 2.63. The van der Waals surface area contributed by atoms with E-state index in [1.807, 2.05) is 0 Å². The number of carboxylic acids is 1. The smallest absolute Gasteiger partial charge is 0.326 e. The number of amides is 1. The van der Waals surface area contributed by atoms with Gasteiger partial charge in [0.25, 0.3) is 0 Å². The molecule has 4 fully saturated rings. The van der Waals surface area contributed by atoms with Crippen LogP contribution in [-0.2, 0) is 14.3 Å². The van der Waals surface area contributed by atoms with Gasteiger partial charge in [0.2, 0.25) is 5.91 Å². The van der Waals surface area contributed by atoms with Crippen molar-refractivity contribution in [3.63, 3.8) is 0 Å². The summed E-state index contributed by atoms with van der Waals surface area (Å²) in [6.07, 6.45) is -0.338. The van der Waals surface area contributed by atoms with E-state index in [1.165, 1.54) is 11.8 Å². The van der Waals surface area contributed by atoms with E-state index < -0.39 is 24.3 Å². The van der Waals surface area contributed by atoms with Crippen LogP contribution in [0.25, 0.3) is 0 Å². The van der Waals surface area contributed by atoms with Crippen LogP contribution in [0, 0.1) is 23.7 Å². The largest absolute Gasteiger partial charge is 0.480 e. The molecule has 4 rings (SSSR count). The monoisotopic (exact) mass is 253 g/mol. The molecule has 2 heterocycles. The number of nitrogens with zero attached hydrogens (tertiary/aromatic N) is 1. The fourth-order valence-corrected chi connectivity index (χ4v) is 4.62. The first kappa shape index (κ1) is 10.8. The van der Waals surface area contributed by atoms with E-state index in [-0.39, 0.29) is 35.7 Å². The molecule has 0 spiro atoms. The number of aliphatic hydroxyl groups excluding tert-OH is 1. The quantitative estimate of drug-likeness (QED) is 0.677. The SMILES string of the molecule is CC(C(=O)O)N1C(=O)C2C3CC4C(OC1C42)C3O. The molecule has 0 aromatic rings. The van der Waals surface area contributed by atoms with Crippen molar-refractivity contribution in [2.45, 2.75) is 37.8 Å². The van der Waals surface area contributed by atoms with E-state index >= 15 is 0 Å². The number of aliphatic hydroxyl groups is 1. The van der Waals surface area contributed by atoms with Gasteiger partial charge in [0.1, 0.15) is 12.3 Å². The van der Waals surface area contributed by atoms with Crippen LogP contribution in [0.3, 0.4) is 0 Å². The highest BCUT2D eigenvalue weighted by molar-refractivity contribution is 5.88. The first-order chi connectivity index (χ1) is 8.52. The second-order valence-corrected chi connectivity index (χ2v) is 5.91. The third-order valence-electron chi connectivity index (χ3n) is 5.33. The molecule has 0 aromatic heterocycles. The summed E-state index contributed by atoms with van der Waals surface area (Å²) in [6.45, 7) is 1.51. The Hall–Kier alpha value is -1.14. The van der Waals surface area contributed by atoms with Gasteiger partial charge < -0.3 is 19.8 Å². The summed E-state index contributed by atoms with van der Waals surface area (Å²) in [5, 5.41) is 19.1. The Morgan fingerprint density at radius 2 is 2.22 bits per heavy atom. The fraction of sp³-hybridized carbons (Fsp3) is 0.833. The number of hydrogen-bond donors (Lipinski definition) is 2. The summed E-state index contributed by atoms with van der Waals surface area (Å²) < 4.78 is 5.79. The highest BCUT2D eigenvalue weighted by atomic mass is 16.5. The molecule has 1 amide bonds. The van der Waals surface area contributed by atoms with Crippen molar-refractivity contribution in [2.24, 2.45) is 23.7 Å². The number of ether oxygens (including phenoxy) is 1. The Bertz CT molecular complexity index is 452. The number of carboxylic acid groups (broad SMARTS) is 1. The maximum Gasteiger partial charge on any atom is 0.326 e. The molecule has 6 nitrogen and oxygen atoms in total. The van der Waals surface area contributed by atoms with Crippen LogP contribution in [0.4, 0.5) is 0 Å². The number of carbonyl (C=O) groups excluding carboxylic acids is 1. The normalized spacial score (nSPS) is 53.3. The molecule has 2 saturated carbocycles. The number of rotatable bonds is 2. The average Bonchev–Trinajstić information content (AvgIpc) is 2.95. The van der Waals surface area contributed by atoms with Crippen molar-refractivity contribution in [3.05, 3.63) is 0 Å². The first-order valence-electron chi connectivity index (χ1n) is 6.41. The molecule has 18 heavy (non-hydrogen) atoms. The van der Waals surface area contributed by atoms with E-state index in [0.29, 0.717) is 0 Å². The third-order valence-corrected chi connectivity index (χ3v) is 5.33. The molecule has 2 bridgehead atoms. The molecular weight excluding hydrogens is 238 g/mol. The lowest BCUT2D eigenvalue weighted by Crippen LogP contribution is -2.49. The average molecular weight is 253 g/mol. The second-order valence-electron chi connectivity index (χ2n) is 5.91. The van der Waals surface area contributed by atoms with E-state index in [9.17, 15) is 14.7 Å². The first-order valence-corrected chi connectivity index (χ1v) is 6.41. The van der Waals surface area contributed by atoms with Gasteiger partial charge in [-0.25, -0.2) is 4.79 Å². The van der Waals surface area contributed by atoms with Crippen LogP contribution in [0.2, 0.25) is 0 Å². The summed E-state index contributed by atoms with van der Waals surface area (Å²) in [4.78, 5) is 24.8. The second kappa shape index (κ2) is 3.05. The minimum atomic E-state index is -1.01. The molecule has 2 N–H and O–H groups in total. The van der Waals surface area contributed by atoms with Crippen LogP contribution in [0.15, 0.2) is 0 Å². The van der Waals surface area contributed by atoms with Crippen molar-refractivity contribution >= 4 is 11.9 Å². The fourth-order valence-electron chi connectivity index (χ4n) is 4.62. The van der Waals surface area contributed by atoms with E-state index in [0.717, 1.165) is 6.42 Å². The van der Waals surface area contributed by atoms with Gasteiger partial charge >= 0.3 is 5.97 Å². The third kappa shape index (κ3) is 0.948. The molecule has 2 aliphatic carbocycles. The van der Waals surface area contributed by atoms with Crippen LogP contribution in [-0.4, -0.2) is 51.5 Å². The predicted molar refractivity (Wildman–Crippen MR) is 57.2 cm³/mol. The molecule has 0 aromatic carbocycles. The maximum atomic E-state index is 12.4. The number of hydrogen-bond acceptors (Lipinski definition) is 4. The zero-order valence-corrected chi connectivity index (χ0v) is 9.89. The highest BCUT2D eigenvalue weighted by Gasteiger charge is 2.73. The van der Waals surface area contributed by atoms with Gasteiger partial charge in [0.15, 0.2) is 0 Å². The van der Waals surface area contributed by atoms with Crippen molar-refractivity contribution in [1.82, 2.24) is 4.90 Å². The number of carbonyl (C=O) groups is 2. The van der Waals surface area contributed by atoms with Gasteiger partial charge in [-0.05, 0) is 25.2 Å². The number of likely N-dealkylation sites (tertiary alicyclic amines) is 1. The topological polar surface area (TPSA) is 87.1 Å². The lowest BCUT2D eigenvalue weighted by molar-refractivity contribution is -0.165. The molecular formula is C12H15NO5. The maximum absolute atomic E-state index is 12.4. The Kier molecular flexibility index (Phi) is 1.82. The predicted octanol–water partition coefficient (Wildman–Crippen LogP) is -0.730. The van der Waals surface area contributed by atoms with Gasteiger partial charge in [-0.1, -0.05) is 0 Å². The van der Waals surface area contributed by atoms with Gasteiger partial charge in [-0.15, -0.1) is 0 Å². The van der Waals surface area contributed by atoms with Gasteiger partial charge in [-0.2, -0.15) is 0 Å². The summed E-state index contributed by atoms with van der Waals surface area (Å²) >= 11 is 0. The number of aliphatic carboxylic acids is 1. The Morgan fingerprint density at radius 1 is 1.50 bits per heavy atom. The molecule has 2 aliphatic heterocycles. The molecule has 98 valence electrons. The van der Waals surface area contributed by atoms with E-state index in [4.69, 9.17) is 9.84 Å². The lowest BCUT2D eigenvalue weighted by Gasteiger charge is -2.32. The van der Waals surface area contributed by atoms with Crippen LogP contribution in [0.1, 0.15) is 13.3 Å². The molecule has 6 heteroatoms. The van der Waals surface area contributed by atoms with Crippen molar-refractivity contribution in [3.8, 4) is 0 Å². The van der Waals surface area contributed by atoms with Gasteiger partial charge in [0, 0.05) is 5.92 Å². The summed E-state index contributed by atoms with van der Waals surface area (Å²) in [7, 11) is 0. The lowest BCUT2D eigenvalue weighted by atomic mass is 9.80. The summed E-state index contributed by atoms with van der Waals surface area (Å²) in [6, 6.07) is -0.858. The summed E-state index contributed by atoms with van der Waals surface area (Å²) in [5.41, 5.74) is 0. The molecule has 4 aliphatic rings. The zero-order chi connectivity index (χ0) is 12.8. The Balaban J connectivity index is 1.74. The molecule has 0 radical (unpaired) electrons. The molecule has 8 unspecified atom stereocenters. The minimum absolute atomic E-state index is 0.0338. The van der Waals surface area contributed by atoms with Crippen LogP contribution in [0.5, 0.6) is 0 Å². The molecule has 8 atom stereocenters. The number of fused-ring (bicyclic) bond motifs is 2. The Labute approximate surface area is 104 Å². The summed E-state index contributed by atoms with van der Waals surface area (Å²) in [5.74, 6) is -1.09.